The van der Waals surface area contributed by atoms with Crippen molar-refractivity contribution in [3.05, 3.63) is 39.9 Å². The minimum absolute atomic E-state index is 0. The van der Waals surface area contributed by atoms with Crippen molar-refractivity contribution in [3.8, 4) is 11.8 Å². The van der Waals surface area contributed by atoms with Crippen LogP contribution in [-0.2, 0) is 66.3 Å². The number of carbonyl (C=O) groups is 1. The van der Waals surface area contributed by atoms with Crippen LogP contribution in [0.5, 0.6) is 0 Å². The van der Waals surface area contributed by atoms with Gasteiger partial charge in [-0.25, -0.2) is 0 Å². The van der Waals surface area contributed by atoms with Crippen molar-refractivity contribution in [2.45, 2.75) is 13.8 Å². The smallest absolute Gasteiger partial charge is 0 e. The third-order valence-corrected chi connectivity index (χ3v) is 0.431. The van der Waals surface area contributed by atoms with Gasteiger partial charge in [-0.05, 0) is 5.92 Å². The van der Waals surface area contributed by atoms with Crippen molar-refractivity contribution >= 4 is 6.29 Å². The number of aldehydes is 1. The molecule has 0 fully saturated rings. The Balaban J connectivity index is -0.0000000128. The van der Waals surface area contributed by atoms with E-state index in [2.05, 4.69) is 51.7 Å². The first kappa shape index (κ1) is 60.2. The number of hydrogen-bond acceptors (Lipinski definition) is 1. The summed E-state index contributed by atoms with van der Waals surface area (Å²) in [5, 5.41) is 0. The van der Waals surface area contributed by atoms with Gasteiger partial charge < -0.3 is 0 Å². The van der Waals surface area contributed by atoms with Crippen molar-refractivity contribution < 1.29 is 66.3 Å². The van der Waals surface area contributed by atoms with Crippen molar-refractivity contribution in [3.63, 3.8) is 0 Å². The van der Waals surface area contributed by atoms with E-state index in [1.54, 1.807) is 0 Å². The Kier molecular flexibility index (Phi) is 764. The number of hydrogen-bond donors (Lipinski definition) is 0. The van der Waals surface area contributed by atoms with Crippen molar-refractivity contribution in [1.29, 1.82) is 0 Å². The molecule has 0 saturated heterocycles. The zero-order chi connectivity index (χ0) is 17.7. The molecule has 0 spiro atoms. The third kappa shape index (κ3) is 722. The fourth-order valence-corrected chi connectivity index (χ4v) is 0.201. The molecule has 0 rings (SSSR count). The second-order valence-electron chi connectivity index (χ2n) is 1.56. The van der Waals surface area contributed by atoms with E-state index in [-0.39, 0.29) is 33.6 Å². The SMILES string of the molecule is CC(C)C#CC=O.[C-]#[O+].[C-]#[O+].[C-]#[O+].[C-]#[O+].[C-]#[O+].[C-]#[O+].[Co].[Co]. The zero-order valence-electron chi connectivity index (χ0n) is 10.7. The third-order valence-electron chi connectivity index (χ3n) is 0.431. The van der Waals surface area contributed by atoms with Crippen LogP contribution in [0, 0.1) is 57.7 Å². The number of rotatable bonds is 0. The fraction of sp³-hybridized carbons (Fsp3) is 0.250. The van der Waals surface area contributed by atoms with Gasteiger partial charge in [-0.1, -0.05) is 19.8 Å². The summed E-state index contributed by atoms with van der Waals surface area (Å²) in [7, 11) is 0. The minimum Gasteiger partial charge on any atom is 0 e. The predicted molar refractivity (Wildman–Crippen MR) is 52.3 cm³/mol. The van der Waals surface area contributed by atoms with Crippen LogP contribution in [0.1, 0.15) is 13.8 Å². The van der Waals surface area contributed by atoms with E-state index in [1.165, 1.54) is 0 Å². The standard InChI is InChI=1S/C6H8O.6CO.2Co/c1-6(2)4-3-5-7;6*1-2;;/h5-6H,1-2H3;;;;;;;;. The molecule has 0 N–H and O–H groups in total. The molecule has 0 amide bonds. The second kappa shape index (κ2) is 266. The summed E-state index contributed by atoms with van der Waals surface area (Å²) in [4.78, 5) is 9.54. The molecule has 0 bridgehead atoms. The summed E-state index contributed by atoms with van der Waals surface area (Å²) < 4.78 is 45.0. The quantitative estimate of drug-likeness (QED) is 0.258. The van der Waals surface area contributed by atoms with Gasteiger partial charge in [0, 0.05) is 39.5 Å². The maximum atomic E-state index is 9.54. The Morgan fingerprint density at radius 3 is 0.952 bits per heavy atom. The molecular weight excluding hydrogens is 374 g/mol. The zero-order valence-corrected chi connectivity index (χ0v) is 12.8. The molecule has 0 aliphatic heterocycles. The summed E-state index contributed by atoms with van der Waals surface area (Å²) in [6, 6.07) is 0. The molecule has 116 valence electrons. The Labute approximate surface area is 144 Å². The molecule has 0 aromatic carbocycles. The van der Waals surface area contributed by atoms with Gasteiger partial charge in [0.15, 0.2) is 6.29 Å². The van der Waals surface area contributed by atoms with Crippen LogP contribution >= 0.6 is 0 Å². The molecule has 0 heterocycles. The predicted octanol–water partition coefficient (Wildman–Crippen LogP) is 0.615. The molecule has 0 atom stereocenters. The molecule has 21 heavy (non-hydrogen) atoms. The first-order valence-corrected chi connectivity index (χ1v) is 3.44. The minimum atomic E-state index is 0. The molecule has 0 unspecified atom stereocenters. The Morgan fingerprint density at radius 1 is 0.714 bits per heavy atom. The number of carbonyl (C=O) groups excluding carboxylic acids is 1. The van der Waals surface area contributed by atoms with Crippen LogP contribution in [0.3, 0.4) is 0 Å². The van der Waals surface area contributed by atoms with E-state index >= 15 is 0 Å². The van der Waals surface area contributed by atoms with Gasteiger partial charge in [0.1, 0.15) is 0 Å². The van der Waals surface area contributed by atoms with Crippen LogP contribution in [0.15, 0.2) is 0 Å². The van der Waals surface area contributed by atoms with Gasteiger partial charge in [-0.15, -0.1) is 0 Å². The Morgan fingerprint density at radius 2 is 0.905 bits per heavy atom. The van der Waals surface area contributed by atoms with E-state index in [1.807, 2.05) is 13.8 Å². The second-order valence-corrected chi connectivity index (χ2v) is 1.56. The van der Waals surface area contributed by atoms with Gasteiger partial charge in [0.25, 0.3) is 0 Å². The molecule has 0 saturated carbocycles. The van der Waals surface area contributed by atoms with Crippen LogP contribution in [0.4, 0.5) is 0 Å². The van der Waals surface area contributed by atoms with E-state index < -0.39 is 0 Å². The van der Waals surface area contributed by atoms with E-state index in [0.717, 1.165) is 0 Å². The summed E-state index contributed by atoms with van der Waals surface area (Å²) in [6.07, 6.45) is 0.611. The monoisotopic (exact) mass is 382 g/mol. The van der Waals surface area contributed by atoms with Crippen LogP contribution in [0.2, 0.25) is 0 Å². The first-order valence-electron chi connectivity index (χ1n) is 3.44. The fourth-order valence-electron chi connectivity index (χ4n) is 0.201. The average molecular weight is 382 g/mol. The van der Waals surface area contributed by atoms with Crippen molar-refractivity contribution in [2.24, 2.45) is 5.92 Å². The average Bonchev–Trinajstić information content (AvgIpc) is 2.57. The first-order chi connectivity index (χ1) is 9.27. The van der Waals surface area contributed by atoms with E-state index in [0.29, 0.717) is 12.2 Å². The largest absolute Gasteiger partial charge is 0 e. The molecule has 9 heteroatoms. The summed E-state index contributed by atoms with van der Waals surface area (Å²) in [6.45, 7) is 30.9. The van der Waals surface area contributed by atoms with Gasteiger partial charge >= 0.3 is 67.8 Å². The normalized spacial score (nSPS) is 3.00. The molecule has 0 aromatic rings. The van der Waals surface area contributed by atoms with Crippen molar-refractivity contribution in [2.75, 3.05) is 0 Å². The Hall–Kier alpha value is -1.32. The van der Waals surface area contributed by atoms with Crippen LogP contribution in [-0.4, -0.2) is 6.29 Å². The van der Waals surface area contributed by atoms with Crippen LogP contribution < -0.4 is 0 Å². The Bertz CT molecular complexity index is 267. The summed E-state index contributed by atoms with van der Waals surface area (Å²) in [5.41, 5.74) is 0. The molecule has 0 aliphatic rings. The molecular formula is C12H8Co2O7. The topological polar surface area (TPSA) is 136 Å². The maximum absolute atomic E-state index is 9.54. The van der Waals surface area contributed by atoms with Gasteiger partial charge in [0.05, 0.1) is 0 Å². The summed E-state index contributed by atoms with van der Waals surface area (Å²) in [5.74, 6) is 5.30. The molecule has 7 nitrogen and oxygen atoms in total. The van der Waals surface area contributed by atoms with Crippen LogP contribution in [0.25, 0.3) is 0 Å². The molecule has 2 radical (unpaired) electrons. The molecule has 0 aromatic heterocycles. The van der Waals surface area contributed by atoms with Gasteiger partial charge in [-0.3, -0.25) is 4.79 Å². The van der Waals surface area contributed by atoms with E-state index in [9.17, 15) is 4.79 Å². The van der Waals surface area contributed by atoms with Gasteiger partial charge in [0.2, 0.25) is 0 Å². The van der Waals surface area contributed by atoms with E-state index in [4.69, 9.17) is 27.9 Å². The summed E-state index contributed by atoms with van der Waals surface area (Å²) >= 11 is 0. The van der Waals surface area contributed by atoms with Gasteiger partial charge in [-0.2, -0.15) is 0 Å². The van der Waals surface area contributed by atoms with Crippen molar-refractivity contribution in [1.82, 2.24) is 0 Å². The maximum Gasteiger partial charge on any atom is 0 e. The molecule has 0 aliphatic carbocycles.